The van der Waals surface area contributed by atoms with Crippen LogP contribution in [0.4, 0.5) is 10.1 Å². The van der Waals surface area contributed by atoms with Gasteiger partial charge in [0.2, 0.25) is 11.8 Å². The van der Waals surface area contributed by atoms with Crippen molar-refractivity contribution in [3.8, 4) is 11.5 Å². The summed E-state index contributed by atoms with van der Waals surface area (Å²) in [7, 11) is 0. The number of fused-ring (bicyclic) bond motifs is 1. The van der Waals surface area contributed by atoms with Crippen LogP contribution in [0.2, 0.25) is 0 Å². The summed E-state index contributed by atoms with van der Waals surface area (Å²) in [6, 6.07) is 10.3. The van der Waals surface area contributed by atoms with Crippen LogP contribution >= 0.6 is 0 Å². The predicted molar refractivity (Wildman–Crippen MR) is 93.8 cm³/mol. The average molecular weight is 358 g/mol. The van der Waals surface area contributed by atoms with E-state index >= 15 is 0 Å². The Labute approximate surface area is 150 Å². The van der Waals surface area contributed by atoms with Gasteiger partial charge in [0.15, 0.2) is 11.5 Å². The Hall–Kier alpha value is -3.09. The minimum Gasteiger partial charge on any atom is -0.486 e. The van der Waals surface area contributed by atoms with E-state index in [1.165, 1.54) is 25.1 Å². The van der Waals surface area contributed by atoms with Gasteiger partial charge >= 0.3 is 0 Å². The van der Waals surface area contributed by atoms with Crippen LogP contribution in [-0.2, 0) is 16.0 Å². The number of nitrogens with one attached hydrogen (secondary N) is 2. The lowest BCUT2D eigenvalue weighted by molar-refractivity contribution is -0.125. The van der Waals surface area contributed by atoms with Crippen LogP contribution < -0.4 is 20.1 Å². The van der Waals surface area contributed by atoms with Gasteiger partial charge in [0.1, 0.15) is 25.1 Å². The van der Waals surface area contributed by atoms with Crippen LogP contribution in [0.1, 0.15) is 12.5 Å². The molecule has 0 bridgehead atoms. The lowest BCUT2D eigenvalue weighted by Crippen LogP contribution is -2.42. The van der Waals surface area contributed by atoms with E-state index in [1.807, 2.05) is 0 Å². The van der Waals surface area contributed by atoms with Gasteiger partial charge in [0.25, 0.3) is 0 Å². The maximum absolute atomic E-state index is 13.6. The molecule has 1 unspecified atom stereocenters. The van der Waals surface area contributed by atoms with Gasteiger partial charge in [0, 0.05) is 0 Å². The first-order valence-electron chi connectivity index (χ1n) is 8.26. The van der Waals surface area contributed by atoms with Crippen LogP contribution in [0.5, 0.6) is 11.5 Å². The highest BCUT2D eigenvalue weighted by Gasteiger charge is 2.18. The molecule has 1 aliphatic rings. The number of amides is 2. The van der Waals surface area contributed by atoms with Crippen molar-refractivity contribution in [3.63, 3.8) is 0 Å². The SMILES string of the molecule is CC(NC(=O)Cc1ccc2c(c1)OCCO2)C(=O)Nc1ccccc1F. The highest BCUT2D eigenvalue weighted by Crippen LogP contribution is 2.30. The Balaban J connectivity index is 1.55. The van der Waals surface area contributed by atoms with Crippen LogP contribution in [0, 0.1) is 5.82 Å². The largest absolute Gasteiger partial charge is 0.486 e. The molecule has 0 fully saturated rings. The maximum Gasteiger partial charge on any atom is 0.246 e. The number of benzene rings is 2. The van der Waals surface area contributed by atoms with Crippen LogP contribution in [0.25, 0.3) is 0 Å². The molecular weight excluding hydrogens is 339 g/mol. The standard InChI is InChI=1S/C19H19FN2O4/c1-12(19(24)22-15-5-3-2-4-14(15)20)21-18(23)11-13-6-7-16-17(10-13)26-9-8-25-16/h2-7,10,12H,8-9,11H2,1H3,(H,21,23)(H,22,24). The van der Waals surface area contributed by atoms with Crippen molar-refractivity contribution in [1.82, 2.24) is 5.32 Å². The summed E-state index contributed by atoms with van der Waals surface area (Å²) in [5, 5.41) is 5.06. The fourth-order valence-corrected chi connectivity index (χ4v) is 2.54. The first kappa shape index (κ1) is 17.7. The quantitative estimate of drug-likeness (QED) is 0.860. The highest BCUT2D eigenvalue weighted by molar-refractivity contribution is 5.97. The first-order chi connectivity index (χ1) is 12.5. The molecular formula is C19H19FN2O4. The third kappa shape index (κ3) is 4.30. The maximum atomic E-state index is 13.6. The summed E-state index contributed by atoms with van der Waals surface area (Å²) in [6.45, 7) is 2.51. The van der Waals surface area contributed by atoms with Gasteiger partial charge in [-0.2, -0.15) is 0 Å². The minimum absolute atomic E-state index is 0.0745. The molecule has 1 aliphatic heterocycles. The molecule has 0 radical (unpaired) electrons. The van der Waals surface area contributed by atoms with Crippen LogP contribution in [0.15, 0.2) is 42.5 Å². The molecule has 0 aromatic heterocycles. The fraction of sp³-hybridized carbons (Fsp3) is 0.263. The summed E-state index contributed by atoms with van der Waals surface area (Å²) >= 11 is 0. The summed E-state index contributed by atoms with van der Waals surface area (Å²) in [5.74, 6) is -0.0934. The molecule has 0 saturated carbocycles. The molecule has 136 valence electrons. The van der Waals surface area contributed by atoms with E-state index in [4.69, 9.17) is 9.47 Å². The number of hydrogen-bond donors (Lipinski definition) is 2. The van der Waals surface area contributed by atoms with E-state index in [0.29, 0.717) is 24.7 Å². The van der Waals surface area contributed by atoms with Gasteiger partial charge in [-0.25, -0.2) is 4.39 Å². The molecule has 3 rings (SSSR count). The average Bonchev–Trinajstić information content (AvgIpc) is 2.63. The monoisotopic (exact) mass is 358 g/mol. The molecule has 26 heavy (non-hydrogen) atoms. The van der Waals surface area contributed by atoms with E-state index < -0.39 is 17.8 Å². The summed E-state index contributed by atoms with van der Waals surface area (Å²) in [5.41, 5.74) is 0.818. The molecule has 7 heteroatoms. The molecule has 2 N–H and O–H groups in total. The van der Waals surface area contributed by atoms with Gasteiger partial charge in [0.05, 0.1) is 12.1 Å². The van der Waals surface area contributed by atoms with Gasteiger partial charge in [-0.1, -0.05) is 18.2 Å². The van der Waals surface area contributed by atoms with Crippen molar-refractivity contribution < 1.29 is 23.5 Å². The Morgan fingerprint density at radius 1 is 1.12 bits per heavy atom. The zero-order chi connectivity index (χ0) is 18.5. The van der Waals surface area contributed by atoms with Crippen LogP contribution in [0.3, 0.4) is 0 Å². The molecule has 6 nitrogen and oxygen atoms in total. The first-order valence-corrected chi connectivity index (χ1v) is 8.26. The smallest absolute Gasteiger partial charge is 0.246 e. The van der Waals surface area contributed by atoms with E-state index in [2.05, 4.69) is 10.6 Å². The predicted octanol–water partition coefficient (Wildman–Crippen LogP) is 2.28. The second kappa shape index (κ2) is 7.86. The van der Waals surface area contributed by atoms with E-state index in [9.17, 15) is 14.0 Å². The van der Waals surface area contributed by atoms with Crippen molar-refractivity contribution in [2.24, 2.45) is 0 Å². The summed E-state index contributed by atoms with van der Waals surface area (Å²) in [6.07, 6.45) is 0.0912. The van der Waals surface area contributed by atoms with Crippen molar-refractivity contribution in [3.05, 3.63) is 53.8 Å². The topological polar surface area (TPSA) is 76.7 Å². The second-order valence-electron chi connectivity index (χ2n) is 5.91. The van der Waals surface area contributed by atoms with Crippen molar-refractivity contribution >= 4 is 17.5 Å². The van der Waals surface area contributed by atoms with E-state index in [1.54, 1.807) is 24.3 Å². The lowest BCUT2D eigenvalue weighted by Gasteiger charge is -2.19. The molecule has 0 aliphatic carbocycles. The van der Waals surface area contributed by atoms with Crippen molar-refractivity contribution in [2.45, 2.75) is 19.4 Å². The fourth-order valence-electron chi connectivity index (χ4n) is 2.54. The van der Waals surface area contributed by atoms with E-state index in [0.717, 1.165) is 5.56 Å². The van der Waals surface area contributed by atoms with Crippen molar-refractivity contribution in [1.29, 1.82) is 0 Å². The highest BCUT2D eigenvalue weighted by atomic mass is 19.1. The second-order valence-corrected chi connectivity index (χ2v) is 5.91. The zero-order valence-corrected chi connectivity index (χ0v) is 14.3. The molecule has 1 atom stereocenters. The number of hydrogen-bond acceptors (Lipinski definition) is 4. The molecule has 0 spiro atoms. The molecule has 2 aromatic rings. The number of anilines is 1. The van der Waals surface area contributed by atoms with Gasteiger partial charge in [-0.3, -0.25) is 9.59 Å². The zero-order valence-electron chi connectivity index (χ0n) is 14.3. The normalized spacial score (nSPS) is 13.6. The molecule has 0 saturated heterocycles. The van der Waals surface area contributed by atoms with Crippen molar-refractivity contribution in [2.75, 3.05) is 18.5 Å². The number of rotatable bonds is 5. The third-order valence-electron chi connectivity index (χ3n) is 3.87. The lowest BCUT2D eigenvalue weighted by atomic mass is 10.1. The Morgan fingerprint density at radius 3 is 2.62 bits per heavy atom. The molecule has 1 heterocycles. The number of carbonyl (C=O) groups excluding carboxylic acids is 2. The van der Waals surface area contributed by atoms with Gasteiger partial charge in [-0.15, -0.1) is 0 Å². The molecule has 2 aromatic carbocycles. The Morgan fingerprint density at radius 2 is 1.85 bits per heavy atom. The van der Waals surface area contributed by atoms with Gasteiger partial charge in [-0.05, 0) is 36.8 Å². The number of para-hydroxylation sites is 1. The number of carbonyl (C=O) groups is 2. The van der Waals surface area contributed by atoms with Crippen LogP contribution in [-0.4, -0.2) is 31.1 Å². The van der Waals surface area contributed by atoms with Gasteiger partial charge < -0.3 is 20.1 Å². The summed E-state index contributed by atoms with van der Waals surface area (Å²) < 4.78 is 24.5. The number of ether oxygens (including phenoxy) is 2. The Kier molecular flexibility index (Phi) is 5.36. The minimum atomic E-state index is -0.806. The van der Waals surface area contributed by atoms with E-state index in [-0.39, 0.29) is 18.0 Å². The number of halogens is 1. The Bertz CT molecular complexity index is 825. The summed E-state index contributed by atoms with van der Waals surface area (Å²) in [4.78, 5) is 24.3. The molecule has 2 amide bonds. The third-order valence-corrected chi connectivity index (χ3v) is 3.87.